The second kappa shape index (κ2) is 8.87. The van der Waals surface area contributed by atoms with Gasteiger partial charge in [0.25, 0.3) is 0 Å². The number of likely N-dealkylation sites (N-methyl/N-ethyl adjacent to an activating group) is 1. The molecular formula is C21H25N3OS2. The van der Waals surface area contributed by atoms with Gasteiger partial charge < -0.3 is 4.90 Å². The zero-order valence-corrected chi connectivity index (χ0v) is 17.9. The van der Waals surface area contributed by atoms with E-state index in [0.717, 1.165) is 26.8 Å². The first-order chi connectivity index (χ1) is 12.9. The average molecular weight is 400 g/mol. The van der Waals surface area contributed by atoms with E-state index in [4.69, 9.17) is 4.98 Å². The molecule has 1 aromatic heterocycles. The molecule has 27 heavy (non-hydrogen) atoms. The second-order valence-electron chi connectivity index (χ2n) is 6.88. The Labute approximate surface area is 169 Å². The van der Waals surface area contributed by atoms with Crippen molar-refractivity contribution in [3.05, 3.63) is 53.6 Å². The number of thioether (sulfide) groups is 1. The zero-order valence-electron chi connectivity index (χ0n) is 16.2. The highest BCUT2D eigenvalue weighted by Crippen LogP contribution is 2.32. The first kappa shape index (κ1) is 19.9. The number of aryl methyl sites for hydroxylation is 2. The first-order valence-corrected chi connectivity index (χ1v) is 10.7. The maximum absolute atomic E-state index is 13.0. The molecule has 0 unspecified atom stereocenters. The molecule has 6 heteroatoms. The van der Waals surface area contributed by atoms with Crippen LogP contribution in [0.25, 0.3) is 10.2 Å². The molecule has 0 saturated heterocycles. The lowest BCUT2D eigenvalue weighted by Crippen LogP contribution is -2.37. The van der Waals surface area contributed by atoms with Crippen molar-refractivity contribution in [2.24, 2.45) is 0 Å². The van der Waals surface area contributed by atoms with Crippen molar-refractivity contribution in [3.63, 3.8) is 0 Å². The van der Waals surface area contributed by atoms with Crippen LogP contribution in [0.1, 0.15) is 11.1 Å². The lowest BCUT2D eigenvalue weighted by molar-refractivity contribution is -0.116. The third-order valence-electron chi connectivity index (χ3n) is 4.22. The molecule has 0 spiro atoms. The monoisotopic (exact) mass is 399 g/mol. The van der Waals surface area contributed by atoms with Gasteiger partial charge in [0.2, 0.25) is 5.91 Å². The Morgan fingerprint density at radius 1 is 1.11 bits per heavy atom. The summed E-state index contributed by atoms with van der Waals surface area (Å²) in [6.45, 7) is 5.63. The van der Waals surface area contributed by atoms with Crippen LogP contribution >= 0.6 is 23.1 Å². The molecule has 142 valence electrons. The number of carbonyl (C=O) groups is 1. The minimum absolute atomic E-state index is 0.0964. The van der Waals surface area contributed by atoms with Crippen molar-refractivity contribution < 1.29 is 4.79 Å². The number of benzene rings is 2. The third-order valence-corrected chi connectivity index (χ3v) is 6.44. The maximum atomic E-state index is 13.0. The summed E-state index contributed by atoms with van der Waals surface area (Å²) in [6, 6.07) is 14.3. The van der Waals surface area contributed by atoms with Gasteiger partial charge in [-0.1, -0.05) is 35.6 Å². The predicted octanol–water partition coefficient (Wildman–Crippen LogP) is 4.60. The molecule has 0 atom stereocenters. The van der Waals surface area contributed by atoms with E-state index in [-0.39, 0.29) is 5.91 Å². The summed E-state index contributed by atoms with van der Waals surface area (Å²) in [6.07, 6.45) is 0. The highest BCUT2D eigenvalue weighted by atomic mass is 32.2. The molecule has 1 amide bonds. The molecule has 0 aliphatic rings. The van der Waals surface area contributed by atoms with Crippen molar-refractivity contribution in [2.45, 2.75) is 18.7 Å². The first-order valence-electron chi connectivity index (χ1n) is 8.95. The van der Waals surface area contributed by atoms with Gasteiger partial charge in [0.05, 0.1) is 16.0 Å². The predicted molar refractivity (Wildman–Crippen MR) is 117 cm³/mol. The van der Waals surface area contributed by atoms with Crippen molar-refractivity contribution >= 4 is 44.4 Å². The van der Waals surface area contributed by atoms with Crippen LogP contribution in [0.5, 0.6) is 0 Å². The standard InChI is InChI=1S/C21H25N3OS2/c1-15-12-16(2)20-18(13-15)22-21(27-20)24(11-10-23(3)4)19(25)14-26-17-8-6-5-7-9-17/h5-9,12-13H,10-11,14H2,1-4H3. The summed E-state index contributed by atoms with van der Waals surface area (Å²) in [5, 5.41) is 0.791. The van der Waals surface area contributed by atoms with E-state index in [0.29, 0.717) is 12.3 Å². The Kier molecular flexibility index (Phi) is 6.52. The molecular weight excluding hydrogens is 374 g/mol. The van der Waals surface area contributed by atoms with Crippen LogP contribution in [0.2, 0.25) is 0 Å². The van der Waals surface area contributed by atoms with Crippen LogP contribution in [0.3, 0.4) is 0 Å². The minimum atomic E-state index is 0.0964. The molecule has 0 fully saturated rings. The SMILES string of the molecule is Cc1cc(C)c2sc(N(CCN(C)C)C(=O)CSc3ccccc3)nc2c1. The van der Waals surface area contributed by atoms with Crippen LogP contribution in [0, 0.1) is 13.8 Å². The Morgan fingerprint density at radius 3 is 2.56 bits per heavy atom. The number of anilines is 1. The third kappa shape index (κ3) is 5.09. The normalized spacial score (nSPS) is 11.3. The van der Waals surface area contributed by atoms with Crippen LogP contribution < -0.4 is 4.90 Å². The minimum Gasteiger partial charge on any atom is -0.308 e. The molecule has 0 saturated carbocycles. The van der Waals surface area contributed by atoms with Crippen molar-refractivity contribution in [1.82, 2.24) is 9.88 Å². The molecule has 0 N–H and O–H groups in total. The number of hydrogen-bond donors (Lipinski definition) is 0. The van der Waals surface area contributed by atoms with Crippen LogP contribution in [0.15, 0.2) is 47.4 Å². The molecule has 4 nitrogen and oxygen atoms in total. The number of nitrogens with zero attached hydrogens (tertiary/aromatic N) is 3. The van der Waals surface area contributed by atoms with E-state index >= 15 is 0 Å². The van der Waals surface area contributed by atoms with Gasteiger partial charge in [-0.25, -0.2) is 4.98 Å². The fraction of sp³-hybridized carbons (Fsp3) is 0.333. The fourth-order valence-corrected chi connectivity index (χ4v) is 4.70. The van der Waals surface area contributed by atoms with Gasteiger partial charge in [0.1, 0.15) is 0 Å². The van der Waals surface area contributed by atoms with E-state index in [1.165, 1.54) is 11.1 Å². The van der Waals surface area contributed by atoms with E-state index in [1.54, 1.807) is 23.1 Å². The lowest BCUT2D eigenvalue weighted by atomic mass is 10.1. The number of hydrogen-bond acceptors (Lipinski definition) is 5. The Bertz CT molecular complexity index is 922. The number of carbonyl (C=O) groups excluding carboxylic acids is 1. The van der Waals surface area contributed by atoms with Gasteiger partial charge in [0.15, 0.2) is 5.13 Å². The van der Waals surface area contributed by atoms with E-state index < -0.39 is 0 Å². The van der Waals surface area contributed by atoms with E-state index in [2.05, 4.69) is 30.9 Å². The highest BCUT2D eigenvalue weighted by Gasteiger charge is 2.20. The maximum Gasteiger partial charge on any atom is 0.239 e. The number of thiazole rings is 1. The van der Waals surface area contributed by atoms with E-state index in [1.807, 2.05) is 49.3 Å². The molecule has 0 aliphatic heterocycles. The molecule has 0 aliphatic carbocycles. The molecule has 0 radical (unpaired) electrons. The molecule has 1 heterocycles. The van der Waals surface area contributed by atoms with Crippen LogP contribution in [-0.2, 0) is 4.79 Å². The largest absolute Gasteiger partial charge is 0.308 e. The molecule has 0 bridgehead atoms. The lowest BCUT2D eigenvalue weighted by Gasteiger charge is -2.21. The summed E-state index contributed by atoms with van der Waals surface area (Å²) in [4.78, 5) is 22.8. The number of fused-ring (bicyclic) bond motifs is 1. The number of rotatable bonds is 7. The quantitative estimate of drug-likeness (QED) is 0.544. The van der Waals surface area contributed by atoms with Gasteiger partial charge in [-0.05, 0) is 57.3 Å². The number of aromatic nitrogens is 1. The van der Waals surface area contributed by atoms with Crippen molar-refractivity contribution in [2.75, 3.05) is 37.8 Å². The smallest absolute Gasteiger partial charge is 0.239 e. The Hall–Kier alpha value is -1.89. The fourth-order valence-electron chi connectivity index (χ4n) is 2.85. The van der Waals surface area contributed by atoms with Gasteiger partial charge in [-0.15, -0.1) is 11.8 Å². The van der Waals surface area contributed by atoms with Crippen molar-refractivity contribution in [3.8, 4) is 0 Å². The summed E-state index contributed by atoms with van der Waals surface area (Å²) < 4.78 is 1.16. The highest BCUT2D eigenvalue weighted by molar-refractivity contribution is 8.00. The van der Waals surface area contributed by atoms with E-state index in [9.17, 15) is 4.79 Å². The van der Waals surface area contributed by atoms with Gasteiger partial charge in [-0.3, -0.25) is 9.69 Å². The van der Waals surface area contributed by atoms with Gasteiger partial charge in [0, 0.05) is 18.0 Å². The summed E-state index contributed by atoms with van der Waals surface area (Å²) in [7, 11) is 4.04. The molecule has 3 rings (SSSR count). The van der Waals surface area contributed by atoms with Crippen LogP contribution in [-0.4, -0.2) is 48.7 Å². The average Bonchev–Trinajstić information content (AvgIpc) is 3.04. The van der Waals surface area contributed by atoms with Gasteiger partial charge in [-0.2, -0.15) is 0 Å². The molecule has 3 aromatic rings. The second-order valence-corrected chi connectivity index (χ2v) is 8.90. The summed E-state index contributed by atoms with van der Waals surface area (Å²) in [5.74, 6) is 0.505. The van der Waals surface area contributed by atoms with Gasteiger partial charge >= 0.3 is 0 Å². The molecule has 2 aromatic carbocycles. The summed E-state index contributed by atoms with van der Waals surface area (Å²) in [5.41, 5.74) is 3.39. The Morgan fingerprint density at radius 2 is 1.85 bits per heavy atom. The zero-order chi connectivity index (χ0) is 19.4. The summed E-state index contributed by atoms with van der Waals surface area (Å²) >= 11 is 3.18. The number of amides is 1. The topological polar surface area (TPSA) is 36.4 Å². The van der Waals surface area contributed by atoms with Crippen LogP contribution in [0.4, 0.5) is 5.13 Å². The Balaban J connectivity index is 1.84. The van der Waals surface area contributed by atoms with Crippen molar-refractivity contribution in [1.29, 1.82) is 0 Å².